The fourth-order valence-electron chi connectivity index (χ4n) is 3.03. The van der Waals surface area contributed by atoms with Crippen molar-refractivity contribution in [1.82, 2.24) is 14.9 Å². The molecule has 2 fully saturated rings. The van der Waals surface area contributed by atoms with Gasteiger partial charge in [0.1, 0.15) is 5.82 Å². The van der Waals surface area contributed by atoms with Crippen LogP contribution in [0.2, 0.25) is 0 Å². The smallest absolute Gasteiger partial charge is 0.168 e. The van der Waals surface area contributed by atoms with Gasteiger partial charge in [-0.05, 0) is 26.0 Å². The summed E-state index contributed by atoms with van der Waals surface area (Å²) >= 11 is 0. The van der Waals surface area contributed by atoms with Crippen molar-refractivity contribution in [3.63, 3.8) is 0 Å². The fraction of sp³-hybridized carbons (Fsp3) is 0.714. The van der Waals surface area contributed by atoms with Gasteiger partial charge in [-0.25, -0.2) is 9.97 Å². The van der Waals surface area contributed by atoms with Crippen molar-refractivity contribution in [2.75, 3.05) is 20.3 Å². The molecule has 1 saturated carbocycles. The summed E-state index contributed by atoms with van der Waals surface area (Å²) in [5, 5.41) is 0. The van der Waals surface area contributed by atoms with E-state index in [1.165, 1.54) is 0 Å². The predicted molar refractivity (Wildman–Crippen MR) is 70.4 cm³/mol. The number of nitrogens with zero attached hydrogens (tertiary/aromatic N) is 3. The summed E-state index contributed by atoms with van der Waals surface area (Å²) in [6.07, 6.45) is 7.82. The molecule has 1 saturated heterocycles. The highest BCUT2D eigenvalue weighted by atomic mass is 16.7. The van der Waals surface area contributed by atoms with Crippen LogP contribution in [0.1, 0.15) is 31.5 Å². The Hall–Kier alpha value is -1.04. The average molecular weight is 263 g/mol. The highest BCUT2D eigenvalue weighted by molar-refractivity contribution is 4.91. The van der Waals surface area contributed by atoms with Gasteiger partial charge < -0.3 is 9.47 Å². The van der Waals surface area contributed by atoms with Crippen LogP contribution in [0.15, 0.2) is 18.5 Å². The number of hydrogen-bond donors (Lipinski definition) is 0. The molecule has 1 aliphatic carbocycles. The zero-order valence-corrected chi connectivity index (χ0v) is 11.4. The van der Waals surface area contributed by atoms with Crippen LogP contribution in [0.3, 0.4) is 0 Å². The first-order valence-corrected chi connectivity index (χ1v) is 7.01. The highest BCUT2D eigenvalue weighted by Gasteiger charge is 2.41. The lowest BCUT2D eigenvalue weighted by Gasteiger charge is -2.38. The second-order valence-corrected chi connectivity index (χ2v) is 5.42. The Morgan fingerprint density at radius 1 is 1.21 bits per heavy atom. The highest BCUT2D eigenvalue weighted by Crippen LogP contribution is 2.37. The number of aromatic nitrogens is 2. The Labute approximate surface area is 113 Å². The molecule has 0 amide bonds. The van der Waals surface area contributed by atoms with E-state index in [0.29, 0.717) is 6.04 Å². The van der Waals surface area contributed by atoms with Crippen LogP contribution in [-0.4, -0.2) is 47.0 Å². The van der Waals surface area contributed by atoms with Crippen molar-refractivity contribution in [2.45, 2.75) is 44.1 Å². The second-order valence-electron chi connectivity index (χ2n) is 5.42. The van der Waals surface area contributed by atoms with E-state index in [1.54, 1.807) is 12.4 Å². The van der Waals surface area contributed by atoms with Crippen LogP contribution in [0.4, 0.5) is 0 Å². The predicted octanol–water partition coefficient (Wildman–Crippen LogP) is 1.59. The molecule has 0 radical (unpaired) electrons. The Morgan fingerprint density at radius 3 is 2.47 bits per heavy atom. The van der Waals surface area contributed by atoms with Gasteiger partial charge >= 0.3 is 0 Å². The molecule has 2 aliphatic rings. The minimum atomic E-state index is -0.263. The Morgan fingerprint density at radius 2 is 1.84 bits per heavy atom. The Balaban J connectivity index is 1.53. The van der Waals surface area contributed by atoms with Gasteiger partial charge in [-0.15, -0.1) is 0 Å². The van der Waals surface area contributed by atoms with Crippen LogP contribution in [-0.2, 0) is 16.0 Å². The molecule has 1 spiro atoms. The van der Waals surface area contributed by atoms with E-state index >= 15 is 0 Å². The van der Waals surface area contributed by atoms with Gasteiger partial charge in [0.05, 0.1) is 19.8 Å². The van der Waals surface area contributed by atoms with Gasteiger partial charge in [0.25, 0.3) is 0 Å². The summed E-state index contributed by atoms with van der Waals surface area (Å²) in [4.78, 5) is 10.9. The SMILES string of the molecule is CN(Cc1ncccn1)C1CCC2(CC1)OCCO2. The molecular formula is C14H21N3O2. The molecule has 0 aromatic carbocycles. The van der Waals surface area contributed by atoms with E-state index in [0.717, 1.165) is 51.3 Å². The van der Waals surface area contributed by atoms with Crippen molar-refractivity contribution in [3.8, 4) is 0 Å². The van der Waals surface area contributed by atoms with Crippen LogP contribution in [0.25, 0.3) is 0 Å². The van der Waals surface area contributed by atoms with E-state index in [1.807, 2.05) is 6.07 Å². The average Bonchev–Trinajstić information content (AvgIpc) is 2.89. The monoisotopic (exact) mass is 263 g/mol. The Bertz CT molecular complexity index is 396. The molecule has 0 bridgehead atoms. The molecule has 2 heterocycles. The fourth-order valence-corrected chi connectivity index (χ4v) is 3.03. The lowest BCUT2D eigenvalue weighted by Crippen LogP contribution is -2.42. The third-order valence-electron chi connectivity index (χ3n) is 4.16. The van der Waals surface area contributed by atoms with Crippen LogP contribution >= 0.6 is 0 Å². The summed E-state index contributed by atoms with van der Waals surface area (Å²) in [5.41, 5.74) is 0. The van der Waals surface area contributed by atoms with E-state index in [9.17, 15) is 0 Å². The first kappa shape index (κ1) is 13.0. The summed E-state index contributed by atoms with van der Waals surface area (Å²) < 4.78 is 11.5. The molecule has 0 unspecified atom stereocenters. The molecule has 3 rings (SSSR count). The summed E-state index contributed by atoms with van der Waals surface area (Å²) in [7, 11) is 2.15. The summed E-state index contributed by atoms with van der Waals surface area (Å²) in [5.74, 6) is 0.624. The van der Waals surface area contributed by atoms with Crippen molar-refractivity contribution in [3.05, 3.63) is 24.3 Å². The van der Waals surface area contributed by atoms with Crippen LogP contribution in [0.5, 0.6) is 0 Å². The molecule has 0 N–H and O–H groups in total. The quantitative estimate of drug-likeness (QED) is 0.829. The van der Waals surface area contributed by atoms with Gasteiger partial charge in [0, 0.05) is 31.3 Å². The van der Waals surface area contributed by atoms with E-state index < -0.39 is 0 Å². The summed E-state index contributed by atoms with van der Waals surface area (Å²) in [6, 6.07) is 2.42. The number of rotatable bonds is 3. The first-order chi connectivity index (χ1) is 9.27. The van der Waals surface area contributed by atoms with Crippen molar-refractivity contribution in [2.24, 2.45) is 0 Å². The molecule has 104 valence electrons. The lowest BCUT2D eigenvalue weighted by molar-refractivity contribution is -0.183. The van der Waals surface area contributed by atoms with Gasteiger partial charge in [-0.3, -0.25) is 4.90 Å². The maximum atomic E-state index is 5.76. The normalized spacial score (nSPS) is 23.3. The molecule has 1 aromatic heterocycles. The standard InChI is InChI=1S/C14H21N3O2/c1-17(11-13-15-7-2-8-16-13)12-3-5-14(6-4-12)18-9-10-19-14/h2,7-8,12H,3-6,9-11H2,1H3. The van der Waals surface area contributed by atoms with Gasteiger partial charge in [-0.2, -0.15) is 0 Å². The lowest BCUT2D eigenvalue weighted by atomic mass is 9.89. The van der Waals surface area contributed by atoms with E-state index in [-0.39, 0.29) is 5.79 Å². The second kappa shape index (κ2) is 5.53. The molecule has 5 heteroatoms. The minimum absolute atomic E-state index is 0.263. The number of hydrogen-bond acceptors (Lipinski definition) is 5. The largest absolute Gasteiger partial charge is 0.348 e. The van der Waals surface area contributed by atoms with Crippen LogP contribution < -0.4 is 0 Å². The molecular weight excluding hydrogens is 242 g/mol. The molecule has 5 nitrogen and oxygen atoms in total. The Kier molecular flexibility index (Phi) is 3.77. The molecule has 19 heavy (non-hydrogen) atoms. The molecule has 1 aliphatic heterocycles. The van der Waals surface area contributed by atoms with Gasteiger partial charge in [0.15, 0.2) is 5.79 Å². The molecule has 0 atom stereocenters. The van der Waals surface area contributed by atoms with Gasteiger partial charge in [0.2, 0.25) is 0 Å². The molecule has 1 aromatic rings. The third kappa shape index (κ3) is 2.94. The van der Waals surface area contributed by atoms with Gasteiger partial charge in [-0.1, -0.05) is 0 Å². The maximum absolute atomic E-state index is 5.76. The third-order valence-corrected chi connectivity index (χ3v) is 4.16. The van der Waals surface area contributed by atoms with Crippen LogP contribution in [0, 0.1) is 0 Å². The minimum Gasteiger partial charge on any atom is -0.348 e. The zero-order valence-electron chi connectivity index (χ0n) is 11.4. The topological polar surface area (TPSA) is 47.5 Å². The first-order valence-electron chi connectivity index (χ1n) is 7.01. The van der Waals surface area contributed by atoms with Crippen molar-refractivity contribution < 1.29 is 9.47 Å². The zero-order chi connectivity index (χ0) is 13.1. The van der Waals surface area contributed by atoms with Crippen molar-refractivity contribution in [1.29, 1.82) is 0 Å². The van der Waals surface area contributed by atoms with E-state index in [2.05, 4.69) is 21.9 Å². The number of ether oxygens (including phenoxy) is 2. The summed E-state index contributed by atoms with van der Waals surface area (Å²) in [6.45, 7) is 2.30. The van der Waals surface area contributed by atoms with E-state index in [4.69, 9.17) is 9.47 Å². The van der Waals surface area contributed by atoms with Crippen molar-refractivity contribution >= 4 is 0 Å². The maximum Gasteiger partial charge on any atom is 0.168 e.